The van der Waals surface area contributed by atoms with E-state index in [4.69, 9.17) is 0 Å². The normalized spacial score (nSPS) is 14.9. The Morgan fingerprint density at radius 3 is 2.69 bits per heavy atom. The van der Waals surface area contributed by atoms with E-state index in [1.165, 1.54) is 6.42 Å². The van der Waals surface area contributed by atoms with Crippen LogP contribution in [0.15, 0.2) is 6.07 Å². The lowest BCUT2D eigenvalue weighted by Gasteiger charge is -2.18. The van der Waals surface area contributed by atoms with Crippen LogP contribution >= 0.6 is 0 Å². The van der Waals surface area contributed by atoms with Crippen molar-refractivity contribution in [2.45, 2.75) is 45.4 Å². The Hall–Kier alpha value is -1.38. The molecular formula is C13H17NO2. The number of rotatable bonds is 2. The van der Waals surface area contributed by atoms with E-state index in [1.807, 2.05) is 19.9 Å². The molecule has 1 heterocycles. The van der Waals surface area contributed by atoms with E-state index in [2.05, 4.69) is 4.98 Å². The highest BCUT2D eigenvalue weighted by Gasteiger charge is 2.20. The lowest BCUT2D eigenvalue weighted by atomic mass is 9.92. The third-order valence-corrected chi connectivity index (χ3v) is 3.11. The molecule has 0 unspecified atom stereocenters. The van der Waals surface area contributed by atoms with E-state index >= 15 is 0 Å². The SMILES string of the molecule is CC(C)c1nc2c(cc1C(=O)O)CCCC2. The summed E-state index contributed by atoms with van der Waals surface area (Å²) in [6.45, 7) is 3.98. The molecular weight excluding hydrogens is 202 g/mol. The van der Waals surface area contributed by atoms with Crippen molar-refractivity contribution < 1.29 is 9.90 Å². The number of pyridine rings is 1. The summed E-state index contributed by atoms with van der Waals surface area (Å²) in [7, 11) is 0. The Balaban J connectivity index is 2.54. The van der Waals surface area contributed by atoms with Gasteiger partial charge in [-0.3, -0.25) is 4.98 Å². The highest BCUT2D eigenvalue weighted by atomic mass is 16.4. The van der Waals surface area contributed by atoms with Crippen molar-refractivity contribution in [3.8, 4) is 0 Å². The fraction of sp³-hybridized carbons (Fsp3) is 0.538. The highest BCUT2D eigenvalue weighted by Crippen LogP contribution is 2.25. The molecule has 0 fully saturated rings. The summed E-state index contributed by atoms with van der Waals surface area (Å²) in [6.07, 6.45) is 4.29. The summed E-state index contributed by atoms with van der Waals surface area (Å²) >= 11 is 0. The molecule has 0 atom stereocenters. The molecule has 0 bridgehead atoms. The second-order valence-corrected chi connectivity index (χ2v) is 4.69. The fourth-order valence-electron chi connectivity index (χ4n) is 2.26. The third-order valence-electron chi connectivity index (χ3n) is 3.11. The first-order valence-electron chi connectivity index (χ1n) is 5.85. The predicted octanol–water partition coefficient (Wildman–Crippen LogP) is 2.78. The van der Waals surface area contributed by atoms with E-state index in [0.29, 0.717) is 5.56 Å². The topological polar surface area (TPSA) is 50.2 Å². The molecule has 2 rings (SSSR count). The largest absolute Gasteiger partial charge is 0.478 e. The molecule has 1 aliphatic carbocycles. The Labute approximate surface area is 95.5 Å². The van der Waals surface area contributed by atoms with E-state index < -0.39 is 5.97 Å². The molecule has 0 aliphatic heterocycles. The van der Waals surface area contributed by atoms with Crippen LogP contribution in [0.2, 0.25) is 0 Å². The van der Waals surface area contributed by atoms with Crippen molar-refractivity contribution >= 4 is 5.97 Å². The van der Waals surface area contributed by atoms with Crippen LogP contribution in [-0.2, 0) is 12.8 Å². The summed E-state index contributed by atoms with van der Waals surface area (Å²) in [5.41, 5.74) is 3.36. The number of fused-ring (bicyclic) bond motifs is 1. The maximum Gasteiger partial charge on any atom is 0.337 e. The Morgan fingerprint density at radius 1 is 1.38 bits per heavy atom. The molecule has 1 aromatic rings. The van der Waals surface area contributed by atoms with Crippen LogP contribution in [0, 0.1) is 0 Å². The number of hydrogen-bond donors (Lipinski definition) is 1. The molecule has 3 heteroatoms. The molecule has 0 saturated heterocycles. The Kier molecular flexibility index (Phi) is 2.95. The van der Waals surface area contributed by atoms with Crippen molar-refractivity contribution in [2.75, 3.05) is 0 Å². The van der Waals surface area contributed by atoms with Crippen LogP contribution in [0.4, 0.5) is 0 Å². The van der Waals surface area contributed by atoms with Gasteiger partial charge >= 0.3 is 5.97 Å². The molecule has 1 N–H and O–H groups in total. The third kappa shape index (κ3) is 1.94. The first kappa shape index (κ1) is 11.1. The smallest absolute Gasteiger partial charge is 0.337 e. The van der Waals surface area contributed by atoms with Crippen molar-refractivity contribution in [3.63, 3.8) is 0 Å². The second kappa shape index (κ2) is 4.24. The summed E-state index contributed by atoms with van der Waals surface area (Å²) < 4.78 is 0. The van der Waals surface area contributed by atoms with Gasteiger partial charge in [0.05, 0.1) is 11.3 Å². The van der Waals surface area contributed by atoms with Crippen molar-refractivity contribution in [2.24, 2.45) is 0 Å². The number of aromatic carboxylic acids is 1. The minimum absolute atomic E-state index is 0.165. The van der Waals surface area contributed by atoms with E-state index in [0.717, 1.165) is 36.2 Å². The van der Waals surface area contributed by atoms with E-state index in [-0.39, 0.29) is 5.92 Å². The van der Waals surface area contributed by atoms with Crippen LogP contribution in [0.5, 0.6) is 0 Å². The first-order valence-corrected chi connectivity index (χ1v) is 5.85. The zero-order chi connectivity index (χ0) is 11.7. The number of aromatic nitrogens is 1. The van der Waals surface area contributed by atoms with Gasteiger partial charge in [0.1, 0.15) is 0 Å². The summed E-state index contributed by atoms with van der Waals surface area (Å²) in [5, 5.41) is 9.18. The van der Waals surface area contributed by atoms with Gasteiger partial charge < -0.3 is 5.11 Å². The molecule has 1 aromatic heterocycles. The van der Waals surface area contributed by atoms with Crippen LogP contribution in [0.25, 0.3) is 0 Å². The monoisotopic (exact) mass is 219 g/mol. The summed E-state index contributed by atoms with van der Waals surface area (Å²) in [6, 6.07) is 1.83. The molecule has 0 radical (unpaired) electrons. The molecule has 86 valence electrons. The van der Waals surface area contributed by atoms with Crippen molar-refractivity contribution in [3.05, 3.63) is 28.6 Å². The summed E-state index contributed by atoms with van der Waals surface area (Å²) in [4.78, 5) is 15.7. The lowest BCUT2D eigenvalue weighted by Crippen LogP contribution is -2.13. The number of carbonyl (C=O) groups is 1. The van der Waals surface area contributed by atoms with Gasteiger partial charge in [-0.1, -0.05) is 13.8 Å². The number of nitrogens with zero attached hydrogens (tertiary/aromatic N) is 1. The first-order chi connectivity index (χ1) is 7.59. The molecule has 16 heavy (non-hydrogen) atoms. The number of carboxylic acid groups (broad SMARTS) is 1. The van der Waals surface area contributed by atoms with Crippen LogP contribution in [0.3, 0.4) is 0 Å². The maximum atomic E-state index is 11.2. The van der Waals surface area contributed by atoms with Crippen molar-refractivity contribution in [1.82, 2.24) is 4.98 Å². The molecule has 3 nitrogen and oxygen atoms in total. The van der Waals surface area contributed by atoms with Gasteiger partial charge in [-0.05, 0) is 43.2 Å². The number of hydrogen-bond acceptors (Lipinski definition) is 2. The van der Waals surface area contributed by atoms with Gasteiger partial charge in [0.25, 0.3) is 0 Å². The second-order valence-electron chi connectivity index (χ2n) is 4.69. The average molecular weight is 219 g/mol. The van der Waals surface area contributed by atoms with Gasteiger partial charge in [-0.15, -0.1) is 0 Å². The van der Waals surface area contributed by atoms with Gasteiger partial charge in [0.2, 0.25) is 0 Å². The van der Waals surface area contributed by atoms with Crippen molar-refractivity contribution in [1.29, 1.82) is 0 Å². The molecule has 0 saturated carbocycles. The number of aryl methyl sites for hydroxylation is 2. The standard InChI is InChI=1S/C13H17NO2/c1-8(2)12-10(13(15)16)7-9-5-3-4-6-11(9)14-12/h7-8H,3-6H2,1-2H3,(H,15,16). The lowest BCUT2D eigenvalue weighted by molar-refractivity contribution is 0.0694. The van der Waals surface area contributed by atoms with Gasteiger partial charge in [-0.25, -0.2) is 4.79 Å². The van der Waals surface area contributed by atoms with Gasteiger partial charge in [-0.2, -0.15) is 0 Å². The Morgan fingerprint density at radius 2 is 2.06 bits per heavy atom. The summed E-state index contributed by atoms with van der Waals surface area (Å²) in [5.74, 6) is -0.692. The zero-order valence-electron chi connectivity index (χ0n) is 9.79. The van der Waals surface area contributed by atoms with Crippen LogP contribution in [0.1, 0.15) is 59.9 Å². The van der Waals surface area contributed by atoms with Gasteiger partial charge in [0, 0.05) is 5.69 Å². The molecule has 0 spiro atoms. The van der Waals surface area contributed by atoms with Crippen LogP contribution < -0.4 is 0 Å². The molecule has 0 aromatic carbocycles. The number of carboxylic acids is 1. The average Bonchev–Trinajstić information content (AvgIpc) is 2.27. The molecule has 1 aliphatic rings. The maximum absolute atomic E-state index is 11.2. The fourth-order valence-corrected chi connectivity index (χ4v) is 2.26. The molecule has 0 amide bonds. The van der Waals surface area contributed by atoms with E-state index in [1.54, 1.807) is 0 Å². The van der Waals surface area contributed by atoms with Crippen LogP contribution in [-0.4, -0.2) is 16.1 Å². The predicted molar refractivity (Wildman–Crippen MR) is 61.9 cm³/mol. The van der Waals surface area contributed by atoms with Gasteiger partial charge in [0.15, 0.2) is 0 Å². The zero-order valence-corrected chi connectivity index (χ0v) is 9.79. The van der Waals surface area contributed by atoms with E-state index in [9.17, 15) is 9.90 Å². The highest BCUT2D eigenvalue weighted by molar-refractivity contribution is 5.89. The Bertz CT molecular complexity index is 424. The quantitative estimate of drug-likeness (QED) is 0.832. The minimum atomic E-state index is -0.857. The minimum Gasteiger partial charge on any atom is -0.478 e.